The molecular formula is C17H28N4O2S. The van der Waals surface area contributed by atoms with E-state index in [0.29, 0.717) is 5.75 Å². The van der Waals surface area contributed by atoms with Crippen LogP contribution < -0.4 is 21.1 Å². The molecule has 0 fully saturated rings. The van der Waals surface area contributed by atoms with Crippen LogP contribution in [0.15, 0.2) is 29.3 Å². The average molecular weight is 353 g/mol. The third-order valence-electron chi connectivity index (χ3n) is 3.47. The topological polar surface area (TPSA) is 88.7 Å². The van der Waals surface area contributed by atoms with Crippen molar-refractivity contribution in [3.8, 4) is 5.75 Å². The van der Waals surface area contributed by atoms with Crippen LogP contribution >= 0.6 is 11.8 Å². The van der Waals surface area contributed by atoms with Crippen LogP contribution in [0.5, 0.6) is 5.75 Å². The molecule has 4 N–H and O–H groups in total. The fourth-order valence-electron chi connectivity index (χ4n) is 1.82. The molecule has 1 aromatic rings. The Balaban J connectivity index is 2.36. The van der Waals surface area contributed by atoms with Crippen LogP contribution in [-0.2, 0) is 11.2 Å². The van der Waals surface area contributed by atoms with Gasteiger partial charge in [0.15, 0.2) is 12.6 Å². The molecule has 0 unspecified atom stereocenters. The van der Waals surface area contributed by atoms with Gasteiger partial charge in [0.2, 0.25) is 0 Å². The van der Waals surface area contributed by atoms with Gasteiger partial charge in [-0.2, -0.15) is 11.8 Å². The maximum atomic E-state index is 10.7. The summed E-state index contributed by atoms with van der Waals surface area (Å²) in [5.74, 6) is 0.965. The molecule has 0 spiro atoms. The van der Waals surface area contributed by atoms with Gasteiger partial charge in [-0.3, -0.25) is 9.79 Å². The summed E-state index contributed by atoms with van der Waals surface area (Å²) in [5.41, 5.74) is 6.22. The standard InChI is InChI=1S/C17H28N4O2S/c1-17(2,24-4)12-21-16(19-3)20-10-9-13-5-7-14(8-6-13)23-11-15(18)22/h5-8H,9-12H2,1-4H3,(H2,18,22)(H2,19,20,21). The van der Waals surface area contributed by atoms with Crippen LogP contribution in [0.3, 0.4) is 0 Å². The number of guanidine groups is 1. The lowest BCUT2D eigenvalue weighted by atomic mass is 10.1. The quantitative estimate of drug-likeness (QED) is 0.462. The molecule has 1 amide bonds. The summed E-state index contributed by atoms with van der Waals surface area (Å²) < 4.78 is 5.40. The number of nitrogens with zero attached hydrogens (tertiary/aromatic N) is 1. The molecule has 24 heavy (non-hydrogen) atoms. The van der Waals surface area contributed by atoms with Crippen LogP contribution in [0.2, 0.25) is 0 Å². The van der Waals surface area contributed by atoms with Crippen molar-refractivity contribution >= 4 is 23.6 Å². The Morgan fingerprint density at radius 2 is 1.96 bits per heavy atom. The smallest absolute Gasteiger partial charge is 0.255 e. The lowest BCUT2D eigenvalue weighted by molar-refractivity contribution is -0.119. The molecule has 0 aliphatic rings. The largest absolute Gasteiger partial charge is 0.484 e. The number of nitrogens with two attached hydrogens (primary N) is 1. The Bertz CT molecular complexity index is 544. The zero-order chi connectivity index (χ0) is 18.0. The normalized spacial score (nSPS) is 11.9. The number of nitrogens with one attached hydrogen (secondary N) is 2. The molecule has 0 atom stereocenters. The molecule has 6 nitrogen and oxygen atoms in total. The molecule has 0 radical (unpaired) electrons. The Kier molecular flexibility index (Phi) is 8.46. The second-order valence-corrected chi connectivity index (χ2v) is 7.48. The van der Waals surface area contributed by atoms with Crippen molar-refractivity contribution < 1.29 is 9.53 Å². The summed E-state index contributed by atoms with van der Waals surface area (Å²) in [5, 5.41) is 6.64. The van der Waals surface area contributed by atoms with E-state index in [9.17, 15) is 4.79 Å². The molecule has 134 valence electrons. The highest BCUT2D eigenvalue weighted by atomic mass is 32.2. The van der Waals surface area contributed by atoms with Gasteiger partial charge in [0.05, 0.1) is 0 Å². The number of amides is 1. The van der Waals surface area contributed by atoms with Gasteiger partial charge in [0.25, 0.3) is 5.91 Å². The van der Waals surface area contributed by atoms with Crippen molar-refractivity contribution in [1.29, 1.82) is 0 Å². The van der Waals surface area contributed by atoms with E-state index in [1.165, 1.54) is 5.56 Å². The van der Waals surface area contributed by atoms with Crippen molar-refractivity contribution in [2.75, 3.05) is 33.0 Å². The third kappa shape index (κ3) is 8.10. The predicted molar refractivity (Wildman–Crippen MR) is 102 cm³/mol. The Hall–Kier alpha value is -1.89. The Labute approximate surface area is 148 Å². The minimum atomic E-state index is -0.480. The van der Waals surface area contributed by atoms with E-state index in [-0.39, 0.29) is 11.4 Å². The molecule has 0 saturated heterocycles. The maximum Gasteiger partial charge on any atom is 0.255 e. The highest BCUT2D eigenvalue weighted by Crippen LogP contribution is 2.19. The maximum absolute atomic E-state index is 10.7. The minimum absolute atomic E-state index is 0.102. The van der Waals surface area contributed by atoms with E-state index in [2.05, 4.69) is 35.7 Å². The van der Waals surface area contributed by atoms with Gasteiger partial charge in [0.1, 0.15) is 5.75 Å². The van der Waals surface area contributed by atoms with Gasteiger partial charge in [-0.15, -0.1) is 0 Å². The van der Waals surface area contributed by atoms with Crippen molar-refractivity contribution in [3.05, 3.63) is 29.8 Å². The van der Waals surface area contributed by atoms with Crippen LogP contribution in [0.4, 0.5) is 0 Å². The molecule has 0 bridgehead atoms. The molecule has 0 saturated carbocycles. The first-order chi connectivity index (χ1) is 11.4. The third-order valence-corrected chi connectivity index (χ3v) is 4.72. The second kappa shape index (κ2) is 10.1. The zero-order valence-electron chi connectivity index (χ0n) is 14.9. The number of thioether (sulfide) groups is 1. The first kappa shape index (κ1) is 20.2. The number of primary amides is 1. The van der Waals surface area contributed by atoms with E-state index in [0.717, 1.165) is 25.5 Å². The lowest BCUT2D eigenvalue weighted by Crippen LogP contribution is -2.43. The van der Waals surface area contributed by atoms with E-state index in [1.807, 2.05) is 36.0 Å². The fourth-order valence-corrected chi connectivity index (χ4v) is 2.04. The summed E-state index contributed by atoms with van der Waals surface area (Å²) in [6.45, 7) is 5.91. The molecule has 0 aliphatic carbocycles. The van der Waals surface area contributed by atoms with Gasteiger partial charge in [0, 0.05) is 24.9 Å². The summed E-state index contributed by atoms with van der Waals surface area (Å²) in [6.07, 6.45) is 2.97. The van der Waals surface area contributed by atoms with Crippen molar-refractivity contribution in [2.24, 2.45) is 10.7 Å². The van der Waals surface area contributed by atoms with Crippen LogP contribution in [0.25, 0.3) is 0 Å². The zero-order valence-corrected chi connectivity index (χ0v) is 15.7. The van der Waals surface area contributed by atoms with E-state index >= 15 is 0 Å². The molecule has 0 heterocycles. The van der Waals surface area contributed by atoms with Crippen LogP contribution in [-0.4, -0.2) is 49.6 Å². The average Bonchev–Trinajstić information content (AvgIpc) is 2.57. The molecule has 0 aromatic heterocycles. The predicted octanol–water partition coefficient (Wildman–Crippen LogP) is 1.40. The fraction of sp³-hybridized carbons (Fsp3) is 0.529. The van der Waals surface area contributed by atoms with E-state index in [1.54, 1.807) is 7.05 Å². The van der Waals surface area contributed by atoms with Crippen molar-refractivity contribution in [3.63, 3.8) is 0 Å². The summed E-state index contributed by atoms with van der Waals surface area (Å²) in [7, 11) is 1.77. The lowest BCUT2D eigenvalue weighted by Gasteiger charge is -2.23. The van der Waals surface area contributed by atoms with E-state index < -0.39 is 5.91 Å². The number of aliphatic imine (C=N–C) groups is 1. The summed E-state index contributed by atoms with van der Waals surface area (Å²) in [4.78, 5) is 14.9. The molecule has 0 aliphatic heterocycles. The molecular weight excluding hydrogens is 324 g/mol. The monoisotopic (exact) mass is 352 g/mol. The van der Waals surface area contributed by atoms with Gasteiger partial charge in [-0.05, 0) is 44.2 Å². The Morgan fingerprint density at radius 1 is 1.29 bits per heavy atom. The molecule has 1 rings (SSSR count). The number of carbonyl (C=O) groups excluding carboxylic acids is 1. The van der Waals surface area contributed by atoms with Gasteiger partial charge in [-0.25, -0.2) is 0 Å². The van der Waals surface area contributed by atoms with Gasteiger partial charge in [-0.1, -0.05) is 12.1 Å². The second-order valence-electron chi connectivity index (χ2n) is 5.97. The number of hydrogen-bond acceptors (Lipinski definition) is 4. The van der Waals surface area contributed by atoms with Crippen LogP contribution in [0.1, 0.15) is 19.4 Å². The van der Waals surface area contributed by atoms with E-state index in [4.69, 9.17) is 10.5 Å². The van der Waals surface area contributed by atoms with Crippen LogP contribution in [0, 0.1) is 0 Å². The number of hydrogen-bond donors (Lipinski definition) is 3. The first-order valence-electron chi connectivity index (χ1n) is 7.86. The van der Waals surface area contributed by atoms with Crippen molar-refractivity contribution in [1.82, 2.24) is 10.6 Å². The number of benzene rings is 1. The number of carbonyl (C=O) groups is 1. The highest BCUT2D eigenvalue weighted by Gasteiger charge is 2.15. The molecule has 1 aromatic carbocycles. The molecule has 7 heteroatoms. The highest BCUT2D eigenvalue weighted by molar-refractivity contribution is 7.99. The SMILES string of the molecule is CN=C(NCCc1ccc(OCC(N)=O)cc1)NCC(C)(C)SC. The Morgan fingerprint density at radius 3 is 2.50 bits per heavy atom. The van der Waals surface area contributed by atoms with Gasteiger partial charge >= 0.3 is 0 Å². The number of ether oxygens (including phenoxy) is 1. The minimum Gasteiger partial charge on any atom is -0.484 e. The van der Waals surface area contributed by atoms with Gasteiger partial charge < -0.3 is 21.1 Å². The number of rotatable bonds is 9. The summed E-state index contributed by atoms with van der Waals surface area (Å²) in [6, 6.07) is 7.63. The summed E-state index contributed by atoms with van der Waals surface area (Å²) >= 11 is 1.82. The van der Waals surface area contributed by atoms with Crippen molar-refractivity contribution in [2.45, 2.75) is 25.0 Å². The first-order valence-corrected chi connectivity index (χ1v) is 9.08.